The average Bonchev–Trinajstić information content (AvgIpc) is 2.47. The lowest BCUT2D eigenvalue weighted by Gasteiger charge is -2.25. The molecule has 2 aromatic carbocycles. The van der Waals surface area contributed by atoms with E-state index < -0.39 is 7.12 Å². The van der Waals surface area contributed by atoms with Crippen LogP contribution < -0.4 is 5.46 Å². The molecule has 1 unspecified atom stereocenters. The maximum atomic E-state index is 10.2. The highest BCUT2D eigenvalue weighted by Gasteiger charge is 2.22. The Bertz CT molecular complexity index is 621. The van der Waals surface area contributed by atoms with Gasteiger partial charge in [-0.25, -0.2) is 0 Å². The summed E-state index contributed by atoms with van der Waals surface area (Å²) in [6.45, 7) is 0.716. The minimum Gasteiger partial charge on any atom is -0.508 e. The van der Waals surface area contributed by atoms with Crippen molar-refractivity contribution in [2.24, 2.45) is 0 Å². The second kappa shape index (κ2) is 5.44. The van der Waals surface area contributed by atoms with Crippen LogP contribution in [-0.2, 0) is 4.74 Å². The lowest BCUT2D eigenvalue weighted by atomic mass is 9.79. The summed E-state index contributed by atoms with van der Waals surface area (Å²) in [7, 11) is -1.48. The van der Waals surface area contributed by atoms with Gasteiger partial charge in [0.1, 0.15) is 5.75 Å². The van der Waals surface area contributed by atoms with Crippen LogP contribution in [0.1, 0.15) is 30.9 Å². The molecule has 1 aliphatic heterocycles. The first kappa shape index (κ1) is 13.4. The predicted octanol–water partition coefficient (Wildman–Crippen LogP) is 1.47. The molecule has 0 aliphatic carbocycles. The number of hydrogen-bond acceptors (Lipinski definition) is 4. The van der Waals surface area contributed by atoms with E-state index in [9.17, 15) is 15.2 Å². The molecule has 1 atom stereocenters. The summed E-state index contributed by atoms with van der Waals surface area (Å²) in [5.74, 6) is 0.238. The number of fused-ring (bicyclic) bond motifs is 1. The van der Waals surface area contributed by atoms with Gasteiger partial charge >= 0.3 is 7.12 Å². The number of hydrogen-bond donors (Lipinski definition) is 3. The number of phenolic OH excluding ortho intramolecular Hbond substituents is 1. The molecule has 5 heteroatoms. The molecule has 3 N–H and O–H groups in total. The van der Waals surface area contributed by atoms with Gasteiger partial charge in [0.2, 0.25) is 0 Å². The minimum atomic E-state index is -1.48. The Hall–Kier alpha value is -1.56. The fourth-order valence-electron chi connectivity index (χ4n) is 2.83. The summed E-state index contributed by atoms with van der Waals surface area (Å²) in [5.41, 5.74) is 1.25. The first-order chi connectivity index (χ1) is 9.66. The van der Waals surface area contributed by atoms with Crippen molar-refractivity contribution in [1.29, 1.82) is 0 Å². The van der Waals surface area contributed by atoms with E-state index in [0.29, 0.717) is 12.1 Å². The van der Waals surface area contributed by atoms with Crippen LogP contribution >= 0.6 is 0 Å². The van der Waals surface area contributed by atoms with Crippen LogP contribution in [0.25, 0.3) is 10.8 Å². The van der Waals surface area contributed by atoms with Crippen molar-refractivity contribution < 1.29 is 19.9 Å². The van der Waals surface area contributed by atoms with Crippen molar-refractivity contribution in [3.8, 4) is 5.75 Å². The molecular weight excluding hydrogens is 255 g/mol. The van der Waals surface area contributed by atoms with Crippen molar-refractivity contribution in [3.05, 3.63) is 35.9 Å². The third-order valence-electron chi connectivity index (χ3n) is 3.86. The van der Waals surface area contributed by atoms with E-state index >= 15 is 0 Å². The van der Waals surface area contributed by atoms with Gasteiger partial charge in [0.05, 0.1) is 6.10 Å². The van der Waals surface area contributed by atoms with Gasteiger partial charge in [0.25, 0.3) is 0 Å². The average molecular weight is 272 g/mol. The van der Waals surface area contributed by atoms with Crippen molar-refractivity contribution in [2.75, 3.05) is 6.61 Å². The molecule has 20 heavy (non-hydrogen) atoms. The van der Waals surface area contributed by atoms with E-state index in [4.69, 9.17) is 4.74 Å². The Kier molecular flexibility index (Phi) is 3.65. The number of aromatic hydroxyl groups is 1. The molecule has 1 saturated heterocycles. The third kappa shape index (κ3) is 2.40. The van der Waals surface area contributed by atoms with Crippen LogP contribution in [-0.4, -0.2) is 28.9 Å². The molecule has 3 rings (SSSR count). The van der Waals surface area contributed by atoms with E-state index in [2.05, 4.69) is 0 Å². The maximum absolute atomic E-state index is 10.2. The zero-order valence-electron chi connectivity index (χ0n) is 11.1. The van der Waals surface area contributed by atoms with E-state index in [1.165, 1.54) is 0 Å². The number of phenols is 1. The molecule has 2 aromatic rings. The zero-order valence-corrected chi connectivity index (χ0v) is 11.1. The SMILES string of the molecule is OB(O)c1ccc2c(C3CCCCO3)c(O)ccc2c1. The number of benzene rings is 2. The second-order valence-electron chi connectivity index (χ2n) is 5.21. The second-order valence-corrected chi connectivity index (χ2v) is 5.21. The molecule has 0 radical (unpaired) electrons. The molecular formula is C15H17BO4. The summed E-state index contributed by atoms with van der Waals surface area (Å²) >= 11 is 0. The quantitative estimate of drug-likeness (QED) is 0.724. The van der Waals surface area contributed by atoms with E-state index in [1.807, 2.05) is 6.07 Å². The molecule has 1 aliphatic rings. The van der Waals surface area contributed by atoms with Crippen LogP contribution in [0.5, 0.6) is 5.75 Å². The minimum absolute atomic E-state index is 0.0858. The molecule has 1 heterocycles. The lowest BCUT2D eigenvalue weighted by Crippen LogP contribution is -2.29. The van der Waals surface area contributed by atoms with Gasteiger partial charge in [-0.2, -0.15) is 0 Å². The van der Waals surface area contributed by atoms with Gasteiger partial charge in [-0.05, 0) is 41.6 Å². The first-order valence-corrected chi connectivity index (χ1v) is 6.90. The molecule has 104 valence electrons. The normalized spacial score (nSPS) is 19.2. The molecule has 0 amide bonds. The third-order valence-corrected chi connectivity index (χ3v) is 3.86. The van der Waals surface area contributed by atoms with Gasteiger partial charge < -0.3 is 19.9 Å². The van der Waals surface area contributed by atoms with Gasteiger partial charge in [-0.15, -0.1) is 0 Å². The molecule has 4 nitrogen and oxygen atoms in total. The van der Waals surface area contributed by atoms with Gasteiger partial charge in [0, 0.05) is 12.2 Å². The molecule has 1 fully saturated rings. The standard InChI is InChI=1S/C15H17BO4/c17-13-7-4-10-9-11(16(18)19)5-6-12(10)15(13)14-3-1-2-8-20-14/h4-7,9,14,17-19H,1-3,8H2. The summed E-state index contributed by atoms with van der Waals surface area (Å²) in [6.07, 6.45) is 2.96. The van der Waals surface area contributed by atoms with Crippen LogP contribution in [0.15, 0.2) is 30.3 Å². The van der Waals surface area contributed by atoms with Crippen LogP contribution in [0.3, 0.4) is 0 Å². The maximum Gasteiger partial charge on any atom is 0.488 e. The van der Waals surface area contributed by atoms with Crippen molar-refractivity contribution in [2.45, 2.75) is 25.4 Å². The molecule has 0 bridgehead atoms. The smallest absolute Gasteiger partial charge is 0.488 e. The highest BCUT2D eigenvalue weighted by molar-refractivity contribution is 6.58. The lowest BCUT2D eigenvalue weighted by molar-refractivity contribution is 0.0146. The topological polar surface area (TPSA) is 69.9 Å². The van der Waals surface area contributed by atoms with Crippen molar-refractivity contribution >= 4 is 23.4 Å². The highest BCUT2D eigenvalue weighted by atomic mass is 16.5. The van der Waals surface area contributed by atoms with Crippen molar-refractivity contribution in [1.82, 2.24) is 0 Å². The van der Waals surface area contributed by atoms with E-state index in [-0.39, 0.29) is 11.9 Å². The van der Waals surface area contributed by atoms with Crippen LogP contribution in [0.4, 0.5) is 0 Å². The number of ether oxygens (including phenoxy) is 1. The largest absolute Gasteiger partial charge is 0.508 e. The highest BCUT2D eigenvalue weighted by Crippen LogP contribution is 2.38. The van der Waals surface area contributed by atoms with E-state index in [1.54, 1.807) is 24.3 Å². The molecule has 0 spiro atoms. The Morgan fingerprint density at radius 1 is 1.10 bits per heavy atom. The van der Waals surface area contributed by atoms with Crippen LogP contribution in [0, 0.1) is 0 Å². The Labute approximate surface area is 117 Å². The predicted molar refractivity (Wildman–Crippen MR) is 78.0 cm³/mol. The summed E-state index contributed by atoms with van der Waals surface area (Å²) in [4.78, 5) is 0. The summed E-state index contributed by atoms with van der Waals surface area (Å²) in [5, 5.41) is 30.4. The Morgan fingerprint density at radius 3 is 2.65 bits per heavy atom. The van der Waals surface area contributed by atoms with Crippen molar-refractivity contribution in [3.63, 3.8) is 0 Å². The van der Waals surface area contributed by atoms with E-state index in [0.717, 1.165) is 35.6 Å². The number of rotatable bonds is 2. The summed E-state index contributed by atoms with van der Waals surface area (Å²) < 4.78 is 5.77. The molecule has 0 aromatic heterocycles. The fourth-order valence-corrected chi connectivity index (χ4v) is 2.83. The summed E-state index contributed by atoms with van der Waals surface area (Å²) in [6, 6.07) is 8.63. The zero-order chi connectivity index (χ0) is 14.1. The first-order valence-electron chi connectivity index (χ1n) is 6.90. The Morgan fingerprint density at radius 2 is 1.95 bits per heavy atom. The van der Waals surface area contributed by atoms with Crippen LogP contribution in [0.2, 0.25) is 0 Å². The molecule has 0 saturated carbocycles. The fraction of sp³-hybridized carbons (Fsp3) is 0.333. The van der Waals surface area contributed by atoms with Gasteiger partial charge in [0.15, 0.2) is 0 Å². The van der Waals surface area contributed by atoms with Gasteiger partial charge in [-0.3, -0.25) is 0 Å². The Balaban J connectivity index is 2.12. The van der Waals surface area contributed by atoms with Gasteiger partial charge in [-0.1, -0.05) is 24.3 Å². The monoisotopic (exact) mass is 272 g/mol.